The highest BCUT2D eigenvalue weighted by molar-refractivity contribution is 5.98. The molecule has 4 atom stereocenters. The third kappa shape index (κ3) is 3.45. The van der Waals surface area contributed by atoms with Crippen molar-refractivity contribution in [2.45, 2.75) is 13.0 Å². The van der Waals surface area contributed by atoms with Crippen LogP contribution in [0.1, 0.15) is 12.0 Å². The zero-order valence-electron chi connectivity index (χ0n) is 16.4. The number of carbonyl (C=O) groups excluding carboxylic acids is 2. The molecule has 6 nitrogen and oxygen atoms in total. The first-order valence-electron chi connectivity index (χ1n) is 10.2. The molecule has 0 aliphatic heterocycles. The summed E-state index contributed by atoms with van der Waals surface area (Å²) in [6.07, 6.45) is 10.2. The second kappa shape index (κ2) is 7.71. The number of carbonyl (C=O) groups is 2. The number of nitrogens with one attached hydrogen (secondary N) is 2. The minimum atomic E-state index is -0.363. The van der Waals surface area contributed by atoms with Gasteiger partial charge in [0.1, 0.15) is 0 Å². The van der Waals surface area contributed by atoms with Gasteiger partial charge in [-0.15, -0.1) is 0 Å². The molecule has 1 saturated carbocycles. The highest BCUT2D eigenvalue weighted by Crippen LogP contribution is 2.48. The standard InChI is InChI=1S/C24H22N4O2/c29-23(27-14-15-3-1-9-25-13-15)21-17-5-6-18(11-17)22(21)24(30)28-19-7-8-20-16(12-19)4-2-10-26-20/h1-10,12-13,17-18,21-22H,11,14H2,(H,27,29)(H,28,30). The van der Waals surface area contributed by atoms with Crippen LogP contribution in [0.2, 0.25) is 0 Å². The first kappa shape index (κ1) is 18.5. The van der Waals surface area contributed by atoms with E-state index < -0.39 is 0 Å². The maximum atomic E-state index is 13.2. The van der Waals surface area contributed by atoms with Gasteiger partial charge in [-0.05, 0) is 54.2 Å². The number of hydrogen-bond acceptors (Lipinski definition) is 4. The molecule has 1 fully saturated rings. The molecule has 0 radical (unpaired) electrons. The van der Waals surface area contributed by atoms with Gasteiger partial charge in [0.15, 0.2) is 0 Å². The second-order valence-corrected chi connectivity index (χ2v) is 7.98. The lowest BCUT2D eigenvalue weighted by molar-refractivity contribution is -0.133. The number of benzene rings is 1. The van der Waals surface area contributed by atoms with Crippen LogP contribution in [0.3, 0.4) is 0 Å². The van der Waals surface area contributed by atoms with E-state index >= 15 is 0 Å². The van der Waals surface area contributed by atoms with E-state index in [1.54, 1.807) is 18.6 Å². The lowest BCUT2D eigenvalue weighted by Gasteiger charge is -2.26. The van der Waals surface area contributed by atoms with Gasteiger partial charge in [0.2, 0.25) is 11.8 Å². The number of rotatable bonds is 5. The number of nitrogens with zero attached hydrogens (tertiary/aromatic N) is 2. The molecule has 2 bridgehead atoms. The first-order valence-corrected chi connectivity index (χ1v) is 10.2. The summed E-state index contributed by atoms with van der Waals surface area (Å²) in [6.45, 7) is 0.413. The van der Waals surface area contributed by atoms with Gasteiger partial charge < -0.3 is 10.6 Å². The molecule has 30 heavy (non-hydrogen) atoms. The average molecular weight is 398 g/mol. The highest BCUT2D eigenvalue weighted by Gasteiger charge is 2.51. The van der Waals surface area contributed by atoms with Crippen LogP contribution >= 0.6 is 0 Å². The Morgan fingerprint density at radius 2 is 1.77 bits per heavy atom. The van der Waals surface area contributed by atoms with E-state index in [0.29, 0.717) is 6.54 Å². The van der Waals surface area contributed by atoms with Crippen LogP contribution in [0.25, 0.3) is 10.9 Å². The maximum Gasteiger partial charge on any atom is 0.228 e. The Hall–Kier alpha value is -3.54. The van der Waals surface area contributed by atoms with E-state index in [1.165, 1.54) is 0 Å². The largest absolute Gasteiger partial charge is 0.352 e. The molecule has 4 unspecified atom stereocenters. The molecule has 0 spiro atoms. The summed E-state index contributed by atoms with van der Waals surface area (Å²) in [5, 5.41) is 6.99. The maximum absolute atomic E-state index is 13.2. The summed E-state index contributed by atoms with van der Waals surface area (Å²) < 4.78 is 0. The quantitative estimate of drug-likeness (QED) is 0.646. The molecule has 2 aromatic heterocycles. The molecule has 2 aliphatic carbocycles. The van der Waals surface area contributed by atoms with E-state index in [9.17, 15) is 9.59 Å². The van der Waals surface area contributed by atoms with Gasteiger partial charge in [-0.2, -0.15) is 0 Å². The highest BCUT2D eigenvalue weighted by atomic mass is 16.2. The zero-order valence-corrected chi connectivity index (χ0v) is 16.4. The molecule has 2 amide bonds. The van der Waals surface area contributed by atoms with E-state index in [2.05, 4.69) is 32.8 Å². The molecule has 5 rings (SSSR count). The minimum absolute atomic E-state index is 0.0708. The Balaban J connectivity index is 1.31. The molecule has 2 aliphatic rings. The zero-order chi connectivity index (χ0) is 20.5. The Morgan fingerprint density at radius 1 is 0.967 bits per heavy atom. The van der Waals surface area contributed by atoms with Gasteiger partial charge in [-0.1, -0.05) is 24.3 Å². The number of anilines is 1. The van der Waals surface area contributed by atoms with Crippen molar-refractivity contribution < 1.29 is 9.59 Å². The number of aromatic nitrogens is 2. The molecule has 2 heterocycles. The molecule has 150 valence electrons. The molecule has 3 aromatic rings. The predicted molar refractivity (Wildman–Crippen MR) is 114 cm³/mol. The van der Waals surface area contributed by atoms with E-state index in [4.69, 9.17) is 0 Å². The third-order valence-electron chi connectivity index (χ3n) is 6.12. The molecule has 0 saturated heterocycles. The van der Waals surface area contributed by atoms with Crippen molar-refractivity contribution in [3.8, 4) is 0 Å². The minimum Gasteiger partial charge on any atom is -0.352 e. The number of amides is 2. The van der Waals surface area contributed by atoms with Gasteiger partial charge >= 0.3 is 0 Å². The van der Waals surface area contributed by atoms with Crippen LogP contribution in [0.15, 0.2) is 73.2 Å². The van der Waals surface area contributed by atoms with Crippen molar-refractivity contribution in [2.24, 2.45) is 23.7 Å². The van der Waals surface area contributed by atoms with E-state index in [0.717, 1.165) is 28.6 Å². The van der Waals surface area contributed by atoms with Crippen LogP contribution in [-0.2, 0) is 16.1 Å². The Bertz CT molecular complexity index is 1130. The van der Waals surface area contributed by atoms with Crippen LogP contribution in [0, 0.1) is 23.7 Å². The number of fused-ring (bicyclic) bond motifs is 3. The fourth-order valence-corrected chi connectivity index (χ4v) is 4.73. The summed E-state index contributed by atoms with van der Waals surface area (Å²) in [6, 6.07) is 13.3. The van der Waals surface area contributed by atoms with Crippen LogP contribution in [0.5, 0.6) is 0 Å². The summed E-state index contributed by atoms with van der Waals surface area (Å²) in [5.74, 6) is -0.667. The molecular weight excluding hydrogens is 376 g/mol. The first-order chi connectivity index (χ1) is 14.7. The predicted octanol–water partition coefficient (Wildman–Crippen LogP) is 3.32. The molecular formula is C24H22N4O2. The van der Waals surface area contributed by atoms with Crippen LogP contribution in [-0.4, -0.2) is 21.8 Å². The topological polar surface area (TPSA) is 84.0 Å². The summed E-state index contributed by atoms with van der Waals surface area (Å²) in [4.78, 5) is 34.6. The Morgan fingerprint density at radius 3 is 2.57 bits per heavy atom. The monoisotopic (exact) mass is 398 g/mol. The van der Waals surface area contributed by atoms with Gasteiger partial charge in [-0.3, -0.25) is 19.6 Å². The average Bonchev–Trinajstić information content (AvgIpc) is 3.40. The van der Waals surface area contributed by atoms with Gasteiger partial charge in [0, 0.05) is 36.2 Å². The van der Waals surface area contributed by atoms with Crippen molar-refractivity contribution in [2.75, 3.05) is 5.32 Å². The van der Waals surface area contributed by atoms with Crippen molar-refractivity contribution in [1.82, 2.24) is 15.3 Å². The van der Waals surface area contributed by atoms with Crippen LogP contribution < -0.4 is 10.6 Å². The van der Waals surface area contributed by atoms with Crippen molar-refractivity contribution in [3.63, 3.8) is 0 Å². The number of hydrogen-bond donors (Lipinski definition) is 2. The van der Waals surface area contributed by atoms with Crippen molar-refractivity contribution in [3.05, 3.63) is 78.8 Å². The van der Waals surface area contributed by atoms with Gasteiger partial charge in [-0.25, -0.2) is 0 Å². The smallest absolute Gasteiger partial charge is 0.228 e. The summed E-state index contributed by atoms with van der Waals surface area (Å²) in [7, 11) is 0. The molecule has 1 aromatic carbocycles. The molecule has 6 heteroatoms. The second-order valence-electron chi connectivity index (χ2n) is 7.98. The summed E-state index contributed by atoms with van der Waals surface area (Å²) in [5.41, 5.74) is 2.54. The molecule has 2 N–H and O–H groups in total. The van der Waals surface area contributed by atoms with E-state index in [1.807, 2.05) is 42.5 Å². The van der Waals surface area contributed by atoms with Crippen molar-refractivity contribution in [1.29, 1.82) is 0 Å². The Labute approximate surface area is 174 Å². The fraction of sp³-hybridized carbons (Fsp3) is 0.250. The SMILES string of the molecule is O=C(NCc1cccnc1)C1C2C=CC(C2)C1C(=O)Nc1ccc2ncccc2c1. The Kier molecular flexibility index (Phi) is 4.75. The third-order valence-corrected chi connectivity index (χ3v) is 6.12. The van der Waals surface area contributed by atoms with Gasteiger partial charge in [0.05, 0.1) is 17.4 Å². The summed E-state index contributed by atoms with van der Waals surface area (Å²) >= 11 is 0. The van der Waals surface area contributed by atoms with Gasteiger partial charge in [0.25, 0.3) is 0 Å². The van der Waals surface area contributed by atoms with Crippen molar-refractivity contribution >= 4 is 28.4 Å². The number of allylic oxidation sites excluding steroid dienone is 2. The lowest BCUT2D eigenvalue weighted by atomic mass is 9.81. The van der Waals surface area contributed by atoms with E-state index in [-0.39, 0.29) is 35.5 Å². The number of pyridine rings is 2. The lowest BCUT2D eigenvalue weighted by Crippen LogP contribution is -2.41. The normalized spacial score (nSPS) is 24.1. The fourth-order valence-electron chi connectivity index (χ4n) is 4.73. The van der Waals surface area contributed by atoms with Crippen LogP contribution in [0.4, 0.5) is 5.69 Å².